The molecule has 37 heavy (non-hydrogen) atoms. The highest BCUT2D eigenvalue weighted by atomic mass is 32.1. The summed E-state index contributed by atoms with van der Waals surface area (Å²) in [7, 11) is -0.520. The van der Waals surface area contributed by atoms with Crippen molar-refractivity contribution in [3.63, 3.8) is 0 Å². The number of aromatic nitrogens is 1. The van der Waals surface area contributed by atoms with Crippen LogP contribution >= 0.6 is 11.3 Å². The number of hydrogen-bond donors (Lipinski definition) is 0. The third kappa shape index (κ3) is 3.11. The van der Waals surface area contributed by atoms with Gasteiger partial charge in [-0.3, -0.25) is 4.98 Å². The number of hydrogen-bond acceptors (Lipinski definition) is 4. The summed E-state index contributed by atoms with van der Waals surface area (Å²) in [5.74, 6) is 0. The molecule has 7 rings (SSSR count). The lowest BCUT2D eigenvalue weighted by Crippen LogP contribution is -2.41. The second-order valence-electron chi connectivity index (χ2n) is 11.0. The molecule has 1 aliphatic heterocycles. The summed E-state index contributed by atoms with van der Waals surface area (Å²) in [5.41, 5.74) is 5.47. The molecule has 5 aromatic rings. The van der Waals surface area contributed by atoms with Crippen molar-refractivity contribution in [2.75, 3.05) is 0 Å². The van der Waals surface area contributed by atoms with E-state index in [0.29, 0.717) is 0 Å². The third-order valence-corrected chi connectivity index (χ3v) is 9.61. The van der Waals surface area contributed by atoms with Gasteiger partial charge in [-0.15, -0.1) is 11.3 Å². The highest BCUT2D eigenvalue weighted by Gasteiger charge is 2.53. The number of fused-ring (bicyclic) bond motifs is 5. The highest BCUT2D eigenvalue weighted by Crippen LogP contribution is 2.60. The van der Waals surface area contributed by atoms with E-state index in [-0.39, 0.29) is 0 Å². The first-order valence-electron chi connectivity index (χ1n) is 12.8. The van der Waals surface area contributed by atoms with Gasteiger partial charge in [0, 0.05) is 9.58 Å². The Hall–Kier alpha value is -3.25. The van der Waals surface area contributed by atoms with Gasteiger partial charge in [0.05, 0.1) is 27.9 Å². The first-order chi connectivity index (χ1) is 17.8. The molecule has 5 heteroatoms. The smallest absolute Gasteiger partial charge is 0.398 e. The van der Waals surface area contributed by atoms with E-state index in [9.17, 15) is 0 Å². The lowest BCUT2D eigenvalue weighted by Gasteiger charge is -2.33. The largest absolute Gasteiger partial charge is 0.514 e. The molecule has 0 bridgehead atoms. The van der Waals surface area contributed by atoms with Gasteiger partial charge in [-0.1, -0.05) is 78.9 Å². The van der Waals surface area contributed by atoms with Crippen LogP contribution < -0.4 is 5.59 Å². The lowest BCUT2D eigenvalue weighted by molar-refractivity contribution is 0.00578. The summed E-state index contributed by atoms with van der Waals surface area (Å²) in [6.07, 6.45) is 0. The zero-order chi connectivity index (χ0) is 25.4. The first kappa shape index (κ1) is 22.9. The molecule has 1 fully saturated rings. The van der Waals surface area contributed by atoms with Crippen molar-refractivity contribution in [3.05, 3.63) is 119 Å². The quantitative estimate of drug-likeness (QED) is 0.246. The zero-order valence-electron chi connectivity index (χ0n) is 21.5. The molecule has 3 aromatic carbocycles. The average molecular weight is 501 g/mol. The van der Waals surface area contributed by atoms with Crippen LogP contribution in [0.25, 0.3) is 20.5 Å². The maximum Gasteiger partial charge on any atom is 0.514 e. The van der Waals surface area contributed by atoms with Gasteiger partial charge in [-0.25, -0.2) is 0 Å². The van der Waals surface area contributed by atoms with E-state index in [1.165, 1.54) is 37.2 Å². The normalized spacial score (nSPS) is 21.2. The zero-order valence-corrected chi connectivity index (χ0v) is 22.3. The van der Waals surface area contributed by atoms with Gasteiger partial charge in [0.2, 0.25) is 0 Å². The number of pyridine rings is 1. The Morgan fingerprint density at radius 1 is 0.703 bits per heavy atom. The Morgan fingerprint density at radius 2 is 1.38 bits per heavy atom. The highest BCUT2D eigenvalue weighted by molar-refractivity contribution is 7.22. The van der Waals surface area contributed by atoms with Crippen LogP contribution in [0.2, 0.25) is 0 Å². The maximum absolute atomic E-state index is 6.42. The van der Waals surface area contributed by atoms with Crippen LogP contribution in [0.3, 0.4) is 0 Å². The third-order valence-electron chi connectivity index (χ3n) is 8.40. The SMILES string of the molecule is CC1(C)OB(c2cccc(C3(c4ccccc4)c4ccccc4-c4sc5ccccc5c43)n2)OC1(C)C. The van der Waals surface area contributed by atoms with Crippen LogP contribution in [0.5, 0.6) is 0 Å². The number of thiophene rings is 1. The van der Waals surface area contributed by atoms with E-state index in [4.69, 9.17) is 14.3 Å². The Balaban J connectivity index is 1.54. The van der Waals surface area contributed by atoms with Crippen molar-refractivity contribution in [2.24, 2.45) is 0 Å². The van der Waals surface area contributed by atoms with Crippen molar-refractivity contribution in [1.82, 2.24) is 4.98 Å². The summed E-state index contributed by atoms with van der Waals surface area (Å²) in [6.45, 7) is 8.33. The fraction of sp³-hybridized carbons (Fsp3) is 0.219. The average Bonchev–Trinajstić information content (AvgIpc) is 3.50. The van der Waals surface area contributed by atoms with Crippen LogP contribution in [0.1, 0.15) is 50.1 Å². The van der Waals surface area contributed by atoms with Crippen LogP contribution in [0.15, 0.2) is 97.1 Å². The Morgan fingerprint density at radius 3 is 2.16 bits per heavy atom. The summed E-state index contributed by atoms with van der Waals surface area (Å²) < 4.78 is 14.1. The van der Waals surface area contributed by atoms with Crippen molar-refractivity contribution in [1.29, 1.82) is 0 Å². The van der Waals surface area contributed by atoms with Gasteiger partial charge in [0.15, 0.2) is 0 Å². The molecule has 0 N–H and O–H groups in total. The molecule has 3 heterocycles. The Kier molecular flexibility index (Phi) is 4.88. The van der Waals surface area contributed by atoms with Gasteiger partial charge in [0.25, 0.3) is 0 Å². The molecule has 0 spiro atoms. The fourth-order valence-corrected chi connectivity index (χ4v) is 7.21. The molecule has 2 aliphatic rings. The van der Waals surface area contributed by atoms with E-state index in [1.807, 2.05) is 17.4 Å². The molecule has 2 aromatic heterocycles. The minimum absolute atomic E-state index is 0.427. The van der Waals surface area contributed by atoms with Gasteiger partial charge in [0.1, 0.15) is 0 Å². The summed E-state index contributed by atoms with van der Waals surface area (Å²) in [4.78, 5) is 6.68. The van der Waals surface area contributed by atoms with Crippen molar-refractivity contribution < 1.29 is 9.31 Å². The van der Waals surface area contributed by atoms with Crippen LogP contribution in [-0.4, -0.2) is 23.3 Å². The molecule has 1 unspecified atom stereocenters. The van der Waals surface area contributed by atoms with E-state index in [2.05, 4.69) is 119 Å². The molecular weight excluding hydrogens is 473 g/mol. The first-order valence-corrected chi connectivity index (χ1v) is 13.6. The van der Waals surface area contributed by atoms with Crippen LogP contribution in [-0.2, 0) is 14.7 Å². The van der Waals surface area contributed by atoms with E-state index in [0.717, 1.165) is 11.3 Å². The van der Waals surface area contributed by atoms with Gasteiger partial charge in [-0.05, 0) is 73.5 Å². The fourth-order valence-electron chi connectivity index (χ4n) is 5.91. The Labute approximate surface area is 222 Å². The molecule has 0 amide bonds. The van der Waals surface area contributed by atoms with Crippen molar-refractivity contribution in [2.45, 2.75) is 44.3 Å². The molecule has 3 nitrogen and oxygen atoms in total. The Bertz CT molecular complexity index is 1640. The molecule has 0 radical (unpaired) electrons. The van der Waals surface area contributed by atoms with Gasteiger partial charge < -0.3 is 9.31 Å². The number of rotatable bonds is 3. The van der Waals surface area contributed by atoms with Crippen molar-refractivity contribution in [3.8, 4) is 10.4 Å². The minimum Gasteiger partial charge on any atom is -0.398 e. The standard InChI is InChI=1S/C32H28BNO2S/c1-30(2)31(3,4)36-33(35-30)27-20-12-19-26(34-27)32(21-13-6-5-7-14-21)24-17-10-8-15-22(24)29-28(32)23-16-9-11-18-25(23)37-29/h5-20H,1-4H3. The summed E-state index contributed by atoms with van der Waals surface area (Å²) >= 11 is 1.87. The topological polar surface area (TPSA) is 31.4 Å². The molecule has 1 saturated heterocycles. The maximum atomic E-state index is 6.42. The molecule has 0 saturated carbocycles. The van der Waals surface area contributed by atoms with E-state index in [1.54, 1.807) is 0 Å². The van der Waals surface area contributed by atoms with Gasteiger partial charge in [-0.2, -0.15) is 0 Å². The second-order valence-corrected chi connectivity index (χ2v) is 12.1. The van der Waals surface area contributed by atoms with E-state index >= 15 is 0 Å². The molecule has 1 atom stereocenters. The number of nitrogens with zero attached hydrogens (tertiary/aromatic N) is 1. The second kappa shape index (κ2) is 7.88. The lowest BCUT2D eigenvalue weighted by atomic mass is 9.69. The predicted molar refractivity (Wildman–Crippen MR) is 153 cm³/mol. The summed E-state index contributed by atoms with van der Waals surface area (Å²) in [6, 6.07) is 34.7. The van der Waals surface area contributed by atoms with Gasteiger partial charge >= 0.3 is 7.12 Å². The molecular formula is C32H28BNO2S. The summed E-state index contributed by atoms with van der Waals surface area (Å²) in [5, 5.41) is 1.28. The predicted octanol–water partition coefficient (Wildman–Crippen LogP) is 6.96. The van der Waals surface area contributed by atoms with Crippen molar-refractivity contribution >= 4 is 34.1 Å². The van der Waals surface area contributed by atoms with Crippen LogP contribution in [0.4, 0.5) is 0 Å². The number of benzene rings is 3. The van der Waals surface area contributed by atoms with E-state index < -0.39 is 23.7 Å². The monoisotopic (exact) mass is 501 g/mol. The molecule has 1 aliphatic carbocycles. The minimum atomic E-state index is -0.549. The molecule has 182 valence electrons. The van der Waals surface area contributed by atoms with Crippen LogP contribution in [0, 0.1) is 0 Å².